The Labute approximate surface area is 132 Å². The second kappa shape index (κ2) is 5.61. The summed E-state index contributed by atoms with van der Waals surface area (Å²) in [5.41, 5.74) is 0. The van der Waals surface area contributed by atoms with Crippen LogP contribution in [0.15, 0.2) is 0 Å². The maximum absolute atomic E-state index is 12.8. The van der Waals surface area contributed by atoms with Gasteiger partial charge in [0.25, 0.3) is 10.1 Å². The lowest BCUT2D eigenvalue weighted by atomic mass is 9.76. The molecule has 3 rings (SSSR count). The van der Waals surface area contributed by atoms with E-state index in [4.69, 9.17) is 4.55 Å². The van der Waals surface area contributed by atoms with Crippen molar-refractivity contribution in [1.29, 1.82) is 0 Å². The Morgan fingerprint density at radius 2 is 1.83 bits per heavy atom. The summed E-state index contributed by atoms with van der Waals surface area (Å²) in [4.78, 5) is 12.2. The molecule has 23 heavy (non-hydrogen) atoms. The summed E-state index contributed by atoms with van der Waals surface area (Å²) in [6.07, 6.45) is -3.24. The van der Waals surface area contributed by atoms with Gasteiger partial charge in [-0.3, -0.25) is 9.35 Å². The van der Waals surface area contributed by atoms with E-state index in [-0.39, 0.29) is 5.92 Å². The van der Waals surface area contributed by atoms with Gasteiger partial charge in [-0.1, -0.05) is 6.42 Å². The van der Waals surface area contributed by atoms with Gasteiger partial charge in [-0.25, -0.2) is 0 Å². The summed E-state index contributed by atoms with van der Waals surface area (Å²) in [7, 11) is -4.90. The van der Waals surface area contributed by atoms with E-state index in [2.05, 4.69) is 4.74 Å². The molecule has 0 spiro atoms. The van der Waals surface area contributed by atoms with Crippen LogP contribution >= 0.6 is 0 Å². The van der Waals surface area contributed by atoms with Crippen LogP contribution in [-0.2, 0) is 19.6 Å². The standard InChI is InChI=1S/C14H19F3O5S/c15-14(16,17)12(6-23(19,20)21)22-13(18)11-5-7-4-10(11)9-3-1-2-8(7)9/h7-12H,1-6H2,(H,19,20,21). The van der Waals surface area contributed by atoms with Crippen molar-refractivity contribution in [1.82, 2.24) is 0 Å². The van der Waals surface area contributed by atoms with Crippen LogP contribution in [0.4, 0.5) is 13.2 Å². The Hall–Kier alpha value is -0.830. The molecular formula is C14H19F3O5S. The first-order valence-corrected chi connectivity index (χ1v) is 9.39. The Morgan fingerprint density at radius 3 is 2.43 bits per heavy atom. The zero-order valence-electron chi connectivity index (χ0n) is 12.3. The predicted molar refractivity (Wildman–Crippen MR) is 72.9 cm³/mol. The van der Waals surface area contributed by atoms with Crippen LogP contribution in [0.25, 0.3) is 0 Å². The Balaban J connectivity index is 1.68. The van der Waals surface area contributed by atoms with Crippen molar-refractivity contribution < 1.29 is 35.7 Å². The number of ether oxygens (including phenoxy) is 1. The van der Waals surface area contributed by atoms with Gasteiger partial charge in [0.15, 0.2) is 0 Å². The average Bonchev–Trinajstić information content (AvgIpc) is 3.07. The summed E-state index contributed by atoms with van der Waals surface area (Å²) >= 11 is 0. The van der Waals surface area contributed by atoms with E-state index in [9.17, 15) is 26.4 Å². The number of rotatable bonds is 4. The van der Waals surface area contributed by atoms with Gasteiger partial charge in [0.2, 0.25) is 6.10 Å². The van der Waals surface area contributed by atoms with Gasteiger partial charge >= 0.3 is 12.1 Å². The van der Waals surface area contributed by atoms with Gasteiger partial charge in [0.05, 0.1) is 5.92 Å². The third-order valence-corrected chi connectivity index (χ3v) is 6.44. The van der Waals surface area contributed by atoms with Crippen molar-refractivity contribution in [3.63, 3.8) is 0 Å². The molecule has 0 aromatic heterocycles. The van der Waals surface area contributed by atoms with Crippen LogP contribution in [-0.4, -0.2) is 37.0 Å². The number of hydrogen-bond acceptors (Lipinski definition) is 4. The molecule has 6 unspecified atom stereocenters. The molecule has 0 radical (unpaired) electrons. The van der Waals surface area contributed by atoms with E-state index in [1.165, 1.54) is 0 Å². The van der Waals surface area contributed by atoms with Crippen molar-refractivity contribution in [2.75, 3.05) is 5.75 Å². The Morgan fingerprint density at radius 1 is 1.17 bits per heavy atom. The van der Waals surface area contributed by atoms with Gasteiger partial charge in [-0.05, 0) is 49.4 Å². The minimum atomic E-state index is -5.03. The molecule has 3 fully saturated rings. The van der Waals surface area contributed by atoms with Gasteiger partial charge in [-0.15, -0.1) is 0 Å². The maximum atomic E-state index is 12.8. The fraction of sp³-hybridized carbons (Fsp3) is 0.929. The van der Waals surface area contributed by atoms with E-state index in [0.29, 0.717) is 24.2 Å². The molecule has 0 amide bonds. The van der Waals surface area contributed by atoms with Crippen molar-refractivity contribution in [2.45, 2.75) is 44.4 Å². The highest BCUT2D eigenvalue weighted by Crippen LogP contribution is 2.61. The zero-order chi connectivity index (χ0) is 17.0. The normalized spacial score (nSPS) is 37.7. The molecule has 0 aromatic carbocycles. The van der Waals surface area contributed by atoms with Crippen molar-refractivity contribution >= 4 is 16.1 Å². The number of carbonyl (C=O) groups is 1. The monoisotopic (exact) mass is 356 g/mol. The molecule has 5 nitrogen and oxygen atoms in total. The number of carbonyl (C=O) groups excluding carboxylic acids is 1. The van der Waals surface area contributed by atoms with Crippen LogP contribution in [0, 0.1) is 29.6 Å². The van der Waals surface area contributed by atoms with E-state index in [1.54, 1.807) is 0 Å². The third kappa shape index (κ3) is 3.35. The maximum Gasteiger partial charge on any atom is 0.426 e. The SMILES string of the molecule is O=C(OC(CS(=O)(=O)O)C(F)(F)F)C1CC2CC1C1CCCC21. The molecule has 0 aromatic rings. The Kier molecular flexibility index (Phi) is 4.15. The minimum absolute atomic E-state index is 0.0552. The smallest absolute Gasteiger partial charge is 0.426 e. The number of fused-ring (bicyclic) bond motifs is 5. The van der Waals surface area contributed by atoms with Crippen LogP contribution in [0.3, 0.4) is 0 Å². The summed E-state index contributed by atoms with van der Waals surface area (Å²) in [6, 6.07) is 0. The van der Waals surface area contributed by atoms with Crippen LogP contribution in [0.2, 0.25) is 0 Å². The van der Waals surface area contributed by atoms with Gasteiger partial charge in [0, 0.05) is 0 Å². The second-order valence-corrected chi connectivity index (χ2v) is 8.47. The minimum Gasteiger partial charge on any atom is -0.451 e. The second-order valence-electron chi connectivity index (χ2n) is 6.98. The topological polar surface area (TPSA) is 80.7 Å². The van der Waals surface area contributed by atoms with Crippen molar-refractivity contribution in [2.24, 2.45) is 29.6 Å². The summed E-state index contributed by atoms with van der Waals surface area (Å²) < 4.78 is 73.1. The van der Waals surface area contributed by atoms with Crippen LogP contribution in [0.5, 0.6) is 0 Å². The number of esters is 1. The first kappa shape index (κ1) is 17.0. The van der Waals surface area contributed by atoms with Crippen LogP contribution < -0.4 is 0 Å². The molecule has 6 atom stereocenters. The molecule has 0 saturated heterocycles. The molecule has 3 aliphatic carbocycles. The highest BCUT2D eigenvalue weighted by Gasteiger charge is 2.57. The molecule has 3 saturated carbocycles. The molecule has 0 aliphatic heterocycles. The lowest BCUT2D eigenvalue weighted by molar-refractivity contribution is -0.218. The fourth-order valence-electron chi connectivity index (χ4n) is 4.95. The quantitative estimate of drug-likeness (QED) is 0.618. The first-order chi connectivity index (χ1) is 10.6. The lowest BCUT2D eigenvalue weighted by Crippen LogP contribution is -2.42. The van der Waals surface area contributed by atoms with E-state index in [1.807, 2.05) is 0 Å². The summed E-state index contributed by atoms with van der Waals surface area (Å²) in [6.45, 7) is 0. The highest BCUT2D eigenvalue weighted by atomic mass is 32.2. The van der Waals surface area contributed by atoms with Gasteiger partial charge in [0.1, 0.15) is 5.75 Å². The fourth-order valence-corrected chi connectivity index (χ4v) is 5.59. The van der Waals surface area contributed by atoms with Crippen molar-refractivity contribution in [3.8, 4) is 0 Å². The molecule has 2 bridgehead atoms. The lowest BCUT2D eigenvalue weighted by Gasteiger charge is -2.31. The van der Waals surface area contributed by atoms with Crippen LogP contribution in [0.1, 0.15) is 32.1 Å². The molecule has 0 heterocycles. The zero-order valence-corrected chi connectivity index (χ0v) is 13.1. The largest absolute Gasteiger partial charge is 0.451 e. The summed E-state index contributed by atoms with van der Waals surface area (Å²) in [5.74, 6) is -1.82. The van der Waals surface area contributed by atoms with E-state index >= 15 is 0 Å². The molecule has 132 valence electrons. The van der Waals surface area contributed by atoms with Crippen molar-refractivity contribution in [3.05, 3.63) is 0 Å². The Bertz CT molecular complexity index is 588. The number of alkyl halides is 3. The average molecular weight is 356 g/mol. The predicted octanol–water partition coefficient (Wildman–Crippen LogP) is 2.42. The van der Waals surface area contributed by atoms with E-state index < -0.39 is 40.0 Å². The highest BCUT2D eigenvalue weighted by molar-refractivity contribution is 7.85. The molecular weight excluding hydrogens is 337 g/mol. The molecule has 9 heteroatoms. The van der Waals surface area contributed by atoms with Gasteiger partial charge in [-0.2, -0.15) is 21.6 Å². The molecule has 1 N–H and O–H groups in total. The first-order valence-electron chi connectivity index (χ1n) is 7.78. The molecule has 3 aliphatic rings. The third-order valence-electron chi connectivity index (χ3n) is 5.72. The van der Waals surface area contributed by atoms with Gasteiger partial charge < -0.3 is 4.74 Å². The number of halogens is 3. The number of hydrogen-bond donors (Lipinski definition) is 1. The van der Waals surface area contributed by atoms with E-state index in [0.717, 1.165) is 25.7 Å². The summed E-state index contributed by atoms with van der Waals surface area (Å²) in [5, 5.41) is 0.